The van der Waals surface area contributed by atoms with Crippen molar-refractivity contribution >= 4 is 0 Å². The molecule has 0 N–H and O–H groups in total. The molecule has 0 aliphatic heterocycles. The molecule has 1 aliphatic rings. The molecule has 0 radical (unpaired) electrons. The van der Waals surface area contributed by atoms with E-state index in [1.165, 1.54) is 18.2 Å². The van der Waals surface area contributed by atoms with Crippen molar-refractivity contribution in [3.05, 3.63) is 94.6 Å². The zero-order valence-electron chi connectivity index (χ0n) is 23.7. The van der Waals surface area contributed by atoms with Crippen molar-refractivity contribution in [2.45, 2.75) is 63.7 Å². The van der Waals surface area contributed by atoms with Crippen LogP contribution in [0.1, 0.15) is 56.1 Å². The van der Waals surface area contributed by atoms with E-state index < -0.39 is 82.7 Å². The number of hydrogen-bond donors (Lipinski definition) is 0. The van der Waals surface area contributed by atoms with Gasteiger partial charge in [-0.25, -0.2) is 22.0 Å². The van der Waals surface area contributed by atoms with Gasteiger partial charge in [0.2, 0.25) is 5.83 Å². The summed E-state index contributed by atoms with van der Waals surface area (Å²) in [5, 5.41) is 0. The van der Waals surface area contributed by atoms with Gasteiger partial charge in [-0.1, -0.05) is 19.4 Å². The van der Waals surface area contributed by atoms with Crippen LogP contribution < -0.4 is 9.47 Å². The highest BCUT2D eigenvalue weighted by Crippen LogP contribution is 2.44. The molecule has 0 saturated heterocycles. The molecule has 3 aromatic carbocycles. The molecule has 0 spiro atoms. The van der Waals surface area contributed by atoms with Gasteiger partial charge in [0, 0.05) is 23.1 Å². The second-order valence-electron chi connectivity index (χ2n) is 10.7. The first-order chi connectivity index (χ1) is 21.1. The molecule has 244 valence electrons. The number of ether oxygens (including phenoxy) is 2. The Balaban J connectivity index is 1.43. The average Bonchev–Trinajstić information content (AvgIpc) is 2.95. The van der Waals surface area contributed by atoms with Gasteiger partial charge in [-0.3, -0.25) is 0 Å². The third-order valence-corrected chi connectivity index (χ3v) is 7.48. The van der Waals surface area contributed by atoms with Crippen molar-refractivity contribution in [3.8, 4) is 22.6 Å². The van der Waals surface area contributed by atoms with Gasteiger partial charge in [-0.05, 0) is 85.5 Å². The van der Waals surface area contributed by atoms with Crippen LogP contribution in [-0.4, -0.2) is 18.9 Å². The van der Waals surface area contributed by atoms with Crippen molar-refractivity contribution in [1.82, 2.24) is 0 Å². The smallest absolute Gasteiger partial charge is 0.445 e. The fraction of sp³-hybridized carbons (Fsp3) is 0.375. The second-order valence-corrected chi connectivity index (χ2v) is 10.7. The van der Waals surface area contributed by atoms with Gasteiger partial charge in [-0.15, -0.1) is 0 Å². The van der Waals surface area contributed by atoms with Crippen LogP contribution in [0.15, 0.2) is 60.2 Å². The van der Waals surface area contributed by atoms with Crippen LogP contribution in [0, 0.1) is 29.2 Å². The number of aryl methyl sites for hydroxylation is 1. The molecule has 0 aromatic heterocycles. The highest BCUT2D eigenvalue weighted by Gasteiger charge is 2.41. The first-order valence-electron chi connectivity index (χ1n) is 14.0. The largest absolute Gasteiger partial charge is 0.480 e. The van der Waals surface area contributed by atoms with Gasteiger partial charge in [-0.2, -0.15) is 26.3 Å². The second kappa shape index (κ2) is 13.7. The Morgan fingerprint density at radius 3 is 1.98 bits per heavy atom. The Bertz CT molecular complexity index is 1520. The summed E-state index contributed by atoms with van der Waals surface area (Å²) in [6.07, 6.45) is -8.99. The molecular weight excluding hydrogens is 625 g/mol. The van der Waals surface area contributed by atoms with Crippen molar-refractivity contribution < 1.29 is 57.8 Å². The molecule has 2 nitrogen and oxygen atoms in total. The summed E-state index contributed by atoms with van der Waals surface area (Å²) < 4.78 is 162. The molecule has 0 heterocycles. The van der Waals surface area contributed by atoms with Gasteiger partial charge < -0.3 is 9.47 Å². The predicted molar refractivity (Wildman–Crippen MR) is 143 cm³/mol. The molecule has 3 aromatic rings. The van der Waals surface area contributed by atoms with E-state index in [1.807, 2.05) is 6.92 Å². The van der Waals surface area contributed by atoms with Crippen LogP contribution >= 0.6 is 0 Å². The average molecular weight is 653 g/mol. The first kappa shape index (κ1) is 34.1. The van der Waals surface area contributed by atoms with E-state index in [2.05, 4.69) is 4.74 Å². The predicted octanol–water partition coefficient (Wildman–Crippen LogP) is 10.9. The molecule has 0 bridgehead atoms. The highest BCUT2D eigenvalue weighted by atomic mass is 19.4. The molecule has 0 atom stereocenters. The van der Waals surface area contributed by atoms with E-state index in [0.717, 1.165) is 30.7 Å². The van der Waals surface area contributed by atoms with Gasteiger partial charge in [0.15, 0.2) is 18.2 Å². The summed E-state index contributed by atoms with van der Waals surface area (Å²) in [6, 6.07) is 7.95. The van der Waals surface area contributed by atoms with Gasteiger partial charge >= 0.3 is 12.3 Å². The van der Waals surface area contributed by atoms with Crippen molar-refractivity contribution in [2.75, 3.05) is 6.61 Å². The highest BCUT2D eigenvalue weighted by molar-refractivity contribution is 5.66. The summed E-state index contributed by atoms with van der Waals surface area (Å²) in [6.45, 7) is 0.487. The SMILES string of the molecule is CCCc1ccc(OCC(F)(F)Oc2ccc(-c3cc(F)c(C4CCC(C(F)=C(F)C(F)(F)F)CC4)c(F)c3)c(F)c2)c(F)c1. The minimum absolute atomic E-state index is 0.133. The quantitative estimate of drug-likeness (QED) is 0.203. The van der Waals surface area contributed by atoms with Crippen LogP contribution in [0.3, 0.4) is 0 Å². The van der Waals surface area contributed by atoms with Crippen LogP contribution in [0.5, 0.6) is 11.5 Å². The van der Waals surface area contributed by atoms with Crippen LogP contribution in [0.25, 0.3) is 11.1 Å². The van der Waals surface area contributed by atoms with E-state index in [4.69, 9.17) is 4.74 Å². The fourth-order valence-corrected chi connectivity index (χ4v) is 5.34. The Morgan fingerprint density at radius 2 is 1.42 bits per heavy atom. The Kier molecular flexibility index (Phi) is 10.4. The molecule has 1 fully saturated rings. The zero-order valence-corrected chi connectivity index (χ0v) is 23.7. The number of halogens is 11. The monoisotopic (exact) mass is 652 g/mol. The van der Waals surface area contributed by atoms with Gasteiger partial charge in [0.05, 0.1) is 0 Å². The van der Waals surface area contributed by atoms with Crippen molar-refractivity contribution in [2.24, 2.45) is 5.92 Å². The molecular formula is C32H27F11O2. The van der Waals surface area contributed by atoms with Gasteiger partial charge in [0.1, 0.15) is 29.0 Å². The summed E-state index contributed by atoms with van der Waals surface area (Å²) in [5.74, 6) is -12.3. The van der Waals surface area contributed by atoms with Crippen LogP contribution in [0.4, 0.5) is 48.3 Å². The third-order valence-electron chi connectivity index (χ3n) is 7.48. The molecule has 13 heteroatoms. The van der Waals surface area contributed by atoms with Crippen molar-refractivity contribution in [3.63, 3.8) is 0 Å². The lowest BCUT2D eigenvalue weighted by atomic mass is 9.77. The van der Waals surface area contributed by atoms with Crippen LogP contribution in [0.2, 0.25) is 0 Å². The maximum absolute atomic E-state index is 15.0. The lowest BCUT2D eigenvalue weighted by Gasteiger charge is -2.29. The van der Waals surface area contributed by atoms with Crippen molar-refractivity contribution in [1.29, 1.82) is 0 Å². The minimum Gasteiger partial charge on any atom is -0.480 e. The summed E-state index contributed by atoms with van der Waals surface area (Å²) in [4.78, 5) is 0. The zero-order chi connectivity index (χ0) is 33.1. The topological polar surface area (TPSA) is 18.5 Å². The van der Waals surface area contributed by atoms with Gasteiger partial charge in [0.25, 0.3) is 0 Å². The standard InChI is InChI=1S/C32H27F11O2/c1-2-3-17-4-11-27(24(34)12-17)44-16-31(39,40)45-21-9-10-22(23(33)15-21)20-13-25(35)28(26(36)14-20)18-5-7-19(8-6-18)29(37)30(38)32(41,42)43/h4,9-15,18-19H,2-3,5-8,16H2,1H3. The number of allylic oxidation sites excluding steroid dienone is 2. The van der Waals surface area contributed by atoms with E-state index >= 15 is 8.78 Å². The number of rotatable bonds is 10. The van der Waals surface area contributed by atoms with E-state index in [9.17, 15) is 39.5 Å². The summed E-state index contributed by atoms with van der Waals surface area (Å²) in [7, 11) is 0. The lowest BCUT2D eigenvalue weighted by Crippen LogP contribution is -2.32. The minimum atomic E-state index is -5.48. The number of hydrogen-bond acceptors (Lipinski definition) is 2. The molecule has 0 amide bonds. The van der Waals surface area contributed by atoms with E-state index in [-0.39, 0.29) is 36.8 Å². The Morgan fingerprint density at radius 1 is 0.778 bits per heavy atom. The number of benzene rings is 3. The number of alkyl halides is 5. The molecule has 45 heavy (non-hydrogen) atoms. The normalized spacial score (nSPS) is 18.0. The molecule has 1 aliphatic carbocycles. The lowest BCUT2D eigenvalue weighted by molar-refractivity contribution is -0.195. The summed E-state index contributed by atoms with van der Waals surface area (Å²) in [5.41, 5.74) is -0.425. The van der Waals surface area contributed by atoms with E-state index in [0.29, 0.717) is 18.1 Å². The van der Waals surface area contributed by atoms with E-state index in [1.54, 1.807) is 0 Å². The molecule has 0 unspecified atom stereocenters. The first-order valence-corrected chi connectivity index (χ1v) is 14.0. The summed E-state index contributed by atoms with van der Waals surface area (Å²) >= 11 is 0. The third kappa shape index (κ3) is 8.29. The Labute approximate surface area is 251 Å². The van der Waals surface area contributed by atoms with Crippen LogP contribution in [-0.2, 0) is 6.42 Å². The Hall–Kier alpha value is -3.77. The molecule has 1 saturated carbocycles. The maximum atomic E-state index is 15.0. The molecule has 4 rings (SSSR count). The maximum Gasteiger partial charge on any atom is 0.445 e. The fourth-order valence-electron chi connectivity index (χ4n) is 5.34.